The number of carboxylic acids is 2. The quantitative estimate of drug-likeness (QED) is 0.495. The van der Waals surface area contributed by atoms with Crippen LogP contribution in [0, 0.1) is 11.5 Å². The van der Waals surface area contributed by atoms with Crippen LogP contribution in [0.25, 0.3) is 0 Å². The van der Waals surface area contributed by atoms with Gasteiger partial charge >= 0.3 is 33.7 Å². The Bertz CT molecular complexity index is 820. The topological polar surface area (TPSA) is 97.7 Å². The smallest absolute Gasteiger partial charge is 0.857 e. The maximum atomic E-state index is 10.2. The molecule has 0 spiro atoms. The second kappa shape index (κ2) is 15.4. The van der Waals surface area contributed by atoms with Gasteiger partial charge in [0.2, 0.25) is 0 Å². The van der Waals surface area contributed by atoms with Crippen molar-refractivity contribution in [2.24, 2.45) is 5.41 Å². The summed E-state index contributed by atoms with van der Waals surface area (Å²) in [6.45, 7) is 10.9. The van der Waals surface area contributed by atoms with Gasteiger partial charge in [0.25, 0.3) is 0 Å². The molecule has 164 valence electrons. The Balaban J connectivity index is 0. The van der Waals surface area contributed by atoms with E-state index in [9.17, 15) is 9.59 Å². The number of hydrogen-bond acceptors (Lipinski definition) is 3. The molecule has 31 heavy (non-hydrogen) atoms. The molecule has 6 heteroatoms. The van der Waals surface area contributed by atoms with Gasteiger partial charge in [0.1, 0.15) is 0 Å². The van der Waals surface area contributed by atoms with Crippen LogP contribution in [0.1, 0.15) is 55.3 Å². The van der Waals surface area contributed by atoms with Crippen molar-refractivity contribution in [2.45, 2.75) is 34.6 Å². The van der Waals surface area contributed by atoms with Crippen LogP contribution in [0.5, 0.6) is 0 Å². The molecule has 0 fully saturated rings. The average Bonchev–Trinajstić information content (AvgIpc) is 2.93. The van der Waals surface area contributed by atoms with Crippen LogP contribution in [-0.4, -0.2) is 29.3 Å². The molecule has 0 saturated heterocycles. The Hall–Kier alpha value is -2.47. The van der Waals surface area contributed by atoms with Crippen molar-refractivity contribution in [1.29, 1.82) is 0 Å². The van der Waals surface area contributed by atoms with Crippen LogP contribution < -0.4 is 5.11 Å². The van der Waals surface area contributed by atoms with E-state index in [1.807, 2.05) is 0 Å². The SMILES string of the molecule is CC1=[C-]C(C)(C)C(C)=C1C.C[O-].O=C(O)c1ccccc1.O=C(O)c1ccccc1.[Ti+2]. The van der Waals surface area contributed by atoms with Crippen LogP contribution in [0.2, 0.25) is 0 Å². The summed E-state index contributed by atoms with van der Waals surface area (Å²) in [5, 5.41) is 25.0. The van der Waals surface area contributed by atoms with Crippen molar-refractivity contribution in [3.05, 3.63) is 94.6 Å². The van der Waals surface area contributed by atoms with Crippen molar-refractivity contribution in [1.82, 2.24) is 0 Å². The molecular weight excluding hydrogens is 428 g/mol. The van der Waals surface area contributed by atoms with E-state index >= 15 is 0 Å². The molecule has 2 aromatic carbocycles. The van der Waals surface area contributed by atoms with Crippen molar-refractivity contribution in [3.63, 3.8) is 0 Å². The van der Waals surface area contributed by atoms with Gasteiger partial charge in [-0.1, -0.05) is 69.5 Å². The van der Waals surface area contributed by atoms with E-state index in [1.165, 1.54) is 16.7 Å². The first-order valence-corrected chi connectivity index (χ1v) is 9.34. The molecule has 0 radical (unpaired) electrons. The van der Waals surface area contributed by atoms with Crippen LogP contribution >= 0.6 is 0 Å². The predicted molar refractivity (Wildman–Crippen MR) is 117 cm³/mol. The summed E-state index contributed by atoms with van der Waals surface area (Å²) in [6.07, 6.45) is 3.44. The second-order valence-corrected chi connectivity index (χ2v) is 6.97. The first-order valence-electron chi connectivity index (χ1n) is 9.34. The van der Waals surface area contributed by atoms with Crippen LogP contribution in [0.4, 0.5) is 0 Å². The number of allylic oxidation sites excluding steroid dienone is 4. The molecule has 2 N–H and O–H groups in total. The Morgan fingerprint density at radius 1 is 0.774 bits per heavy atom. The van der Waals surface area contributed by atoms with E-state index < -0.39 is 11.9 Å². The fraction of sp³-hybridized carbons (Fsp3) is 0.280. The zero-order valence-electron chi connectivity index (χ0n) is 18.9. The molecule has 0 aromatic heterocycles. The Kier molecular flexibility index (Phi) is 15.2. The standard InChI is InChI=1S/C10H15.2C7H6O2.CH3O.Ti/c1-7-6-10(4,5)9(3)8(7)2;2*8-7(9)6-4-2-1-3-5-6;1-2;/h1-5H3;2*1-5H,(H,8,9);1H3;/q-1;;;-1;+2. The Morgan fingerprint density at radius 2 is 1.10 bits per heavy atom. The summed E-state index contributed by atoms with van der Waals surface area (Å²) in [7, 11) is 0.750. The number of hydrogen-bond donors (Lipinski definition) is 2. The first-order chi connectivity index (χ1) is 14.1. The molecule has 0 heterocycles. The average molecular weight is 458 g/mol. The van der Waals surface area contributed by atoms with Gasteiger partial charge in [-0.25, -0.2) is 15.2 Å². The zero-order chi connectivity index (χ0) is 23.3. The molecule has 0 amide bonds. The Labute approximate surface area is 200 Å². The molecule has 5 nitrogen and oxygen atoms in total. The molecule has 0 saturated carbocycles. The molecule has 0 bridgehead atoms. The molecular formula is C25H30O5Ti. The van der Waals surface area contributed by atoms with E-state index in [1.54, 1.807) is 60.7 Å². The third-order valence-electron chi connectivity index (χ3n) is 4.60. The number of benzene rings is 2. The van der Waals surface area contributed by atoms with E-state index in [0.29, 0.717) is 11.1 Å². The third kappa shape index (κ3) is 10.9. The largest absolute Gasteiger partial charge is 2.00 e. The van der Waals surface area contributed by atoms with Crippen LogP contribution in [-0.2, 0) is 21.7 Å². The summed E-state index contributed by atoms with van der Waals surface area (Å²) < 4.78 is 0. The van der Waals surface area contributed by atoms with E-state index in [0.717, 1.165) is 7.11 Å². The number of carbonyl (C=O) groups is 2. The molecule has 2 aromatic rings. The van der Waals surface area contributed by atoms with Gasteiger partial charge in [-0.2, -0.15) is 18.3 Å². The maximum absolute atomic E-state index is 10.2. The Morgan fingerprint density at radius 3 is 1.23 bits per heavy atom. The minimum atomic E-state index is -0.879. The van der Waals surface area contributed by atoms with Crippen LogP contribution in [0.3, 0.4) is 0 Å². The zero-order valence-corrected chi connectivity index (χ0v) is 20.5. The normalized spacial score (nSPS) is 12.9. The summed E-state index contributed by atoms with van der Waals surface area (Å²) in [6, 6.07) is 16.6. The van der Waals surface area contributed by atoms with Crippen molar-refractivity contribution in [2.75, 3.05) is 7.11 Å². The molecule has 1 aliphatic rings. The summed E-state index contributed by atoms with van der Waals surface area (Å²) >= 11 is 0. The van der Waals surface area contributed by atoms with Gasteiger partial charge < -0.3 is 15.3 Å². The third-order valence-corrected chi connectivity index (χ3v) is 4.60. The van der Waals surface area contributed by atoms with E-state index in [4.69, 9.17) is 15.3 Å². The monoisotopic (exact) mass is 458 g/mol. The fourth-order valence-corrected chi connectivity index (χ4v) is 2.57. The van der Waals surface area contributed by atoms with Gasteiger partial charge in [-0.15, -0.1) is 6.92 Å². The maximum Gasteiger partial charge on any atom is 2.00 e. The first kappa shape index (κ1) is 30.7. The molecule has 3 rings (SSSR count). The summed E-state index contributed by atoms with van der Waals surface area (Å²) in [5.74, 6) is -1.76. The van der Waals surface area contributed by atoms with E-state index in [2.05, 4.69) is 40.7 Å². The number of carboxylic acid groups (broad SMARTS) is 2. The van der Waals surface area contributed by atoms with Crippen LogP contribution in [0.15, 0.2) is 77.4 Å². The molecule has 0 unspecified atom stereocenters. The van der Waals surface area contributed by atoms with Gasteiger partial charge in [0, 0.05) is 0 Å². The minimum Gasteiger partial charge on any atom is -0.857 e. The molecule has 0 atom stereocenters. The summed E-state index contributed by atoms with van der Waals surface area (Å²) in [5.41, 5.74) is 5.06. The van der Waals surface area contributed by atoms with Gasteiger partial charge in [0.15, 0.2) is 0 Å². The van der Waals surface area contributed by atoms with Gasteiger partial charge in [-0.3, -0.25) is 6.08 Å². The fourth-order valence-electron chi connectivity index (χ4n) is 2.57. The van der Waals surface area contributed by atoms with Crippen molar-refractivity contribution >= 4 is 11.9 Å². The van der Waals surface area contributed by atoms with E-state index in [-0.39, 0.29) is 27.1 Å². The number of rotatable bonds is 2. The van der Waals surface area contributed by atoms with Gasteiger partial charge in [0.05, 0.1) is 11.1 Å². The number of aromatic carboxylic acids is 2. The minimum absolute atomic E-state index is 0. The predicted octanol–water partition coefficient (Wildman–Crippen LogP) is 4.86. The molecule has 1 aliphatic carbocycles. The molecule has 0 aliphatic heterocycles. The van der Waals surface area contributed by atoms with Crippen molar-refractivity contribution in [3.8, 4) is 0 Å². The second-order valence-electron chi connectivity index (χ2n) is 6.97. The van der Waals surface area contributed by atoms with Crippen molar-refractivity contribution < 1.29 is 46.6 Å². The summed E-state index contributed by atoms with van der Waals surface area (Å²) in [4.78, 5) is 20.4. The van der Waals surface area contributed by atoms with Gasteiger partial charge in [-0.05, 0) is 24.3 Å².